The van der Waals surface area contributed by atoms with Crippen LogP contribution in [0.15, 0.2) is 83.0 Å². The zero-order valence-corrected chi connectivity index (χ0v) is 13.5. The highest BCUT2D eigenvalue weighted by Crippen LogP contribution is 2.30. The zero-order valence-electron chi connectivity index (χ0n) is 12.7. The van der Waals surface area contributed by atoms with Gasteiger partial charge in [0, 0.05) is 16.8 Å². The van der Waals surface area contributed by atoms with E-state index in [1.807, 2.05) is 53.2 Å². The largest absolute Gasteiger partial charge is 0.399 e. The molecule has 5 heteroatoms. The summed E-state index contributed by atoms with van der Waals surface area (Å²) in [4.78, 5) is 5.53. The SMILES string of the molecule is Nc1ccc(Sc2cnc3ccc(-c4ccc(F)cc4)cn23)cc1. The third kappa shape index (κ3) is 2.86. The van der Waals surface area contributed by atoms with Crippen molar-refractivity contribution in [3.05, 3.63) is 78.9 Å². The second-order valence-electron chi connectivity index (χ2n) is 5.42. The Labute approximate surface area is 143 Å². The van der Waals surface area contributed by atoms with Crippen molar-refractivity contribution in [3.63, 3.8) is 0 Å². The first-order chi connectivity index (χ1) is 11.7. The van der Waals surface area contributed by atoms with Gasteiger partial charge in [0.05, 0.1) is 6.20 Å². The molecule has 0 aliphatic heterocycles. The van der Waals surface area contributed by atoms with Crippen molar-refractivity contribution in [3.8, 4) is 11.1 Å². The fourth-order valence-corrected chi connectivity index (χ4v) is 3.37. The van der Waals surface area contributed by atoms with Gasteiger partial charge in [-0.05, 0) is 59.7 Å². The summed E-state index contributed by atoms with van der Waals surface area (Å²) in [5, 5.41) is 1.01. The minimum atomic E-state index is -0.234. The first-order valence-corrected chi connectivity index (χ1v) is 8.27. The number of nitrogens with zero attached hydrogens (tertiary/aromatic N) is 2. The van der Waals surface area contributed by atoms with Crippen molar-refractivity contribution >= 4 is 23.1 Å². The molecule has 0 bridgehead atoms. The van der Waals surface area contributed by atoms with Crippen LogP contribution in [0.3, 0.4) is 0 Å². The molecule has 4 rings (SSSR count). The van der Waals surface area contributed by atoms with E-state index in [1.54, 1.807) is 23.9 Å². The highest BCUT2D eigenvalue weighted by Gasteiger charge is 2.07. The average Bonchev–Trinajstić information content (AvgIpc) is 3.00. The maximum absolute atomic E-state index is 13.1. The normalized spacial score (nSPS) is 11.0. The van der Waals surface area contributed by atoms with Crippen LogP contribution in [-0.4, -0.2) is 9.38 Å². The Morgan fingerprint density at radius 3 is 2.33 bits per heavy atom. The number of nitrogens with two attached hydrogens (primary N) is 1. The fraction of sp³-hybridized carbons (Fsp3) is 0. The number of pyridine rings is 1. The van der Waals surface area contributed by atoms with Gasteiger partial charge >= 0.3 is 0 Å². The molecule has 0 saturated heterocycles. The number of fused-ring (bicyclic) bond motifs is 1. The zero-order chi connectivity index (χ0) is 16.5. The van der Waals surface area contributed by atoms with Crippen molar-refractivity contribution in [1.29, 1.82) is 0 Å². The van der Waals surface area contributed by atoms with E-state index in [2.05, 4.69) is 4.98 Å². The number of rotatable bonds is 3. The second kappa shape index (κ2) is 6.02. The first-order valence-electron chi connectivity index (χ1n) is 7.45. The standard InChI is InChI=1S/C19H14FN3S/c20-15-4-1-13(2-5-15)14-3-10-18-22-11-19(23(18)12-14)24-17-8-6-16(21)7-9-17/h1-12H,21H2. The summed E-state index contributed by atoms with van der Waals surface area (Å²) in [6, 6.07) is 18.2. The Balaban J connectivity index is 1.73. The monoisotopic (exact) mass is 335 g/mol. The molecule has 4 aromatic rings. The summed E-state index contributed by atoms with van der Waals surface area (Å²) in [7, 11) is 0. The van der Waals surface area contributed by atoms with Gasteiger partial charge in [0.15, 0.2) is 0 Å². The molecule has 0 aliphatic rings. The molecule has 0 radical (unpaired) electrons. The summed E-state index contributed by atoms with van der Waals surface area (Å²) < 4.78 is 15.2. The molecule has 0 aliphatic carbocycles. The maximum atomic E-state index is 13.1. The molecule has 118 valence electrons. The number of benzene rings is 2. The van der Waals surface area contributed by atoms with Gasteiger partial charge in [-0.25, -0.2) is 9.37 Å². The van der Waals surface area contributed by atoms with Gasteiger partial charge in [-0.1, -0.05) is 23.9 Å². The van der Waals surface area contributed by atoms with E-state index in [1.165, 1.54) is 12.1 Å². The lowest BCUT2D eigenvalue weighted by molar-refractivity contribution is 0.628. The van der Waals surface area contributed by atoms with Crippen LogP contribution >= 0.6 is 11.8 Å². The molecule has 0 saturated carbocycles. The van der Waals surface area contributed by atoms with Crippen molar-refractivity contribution < 1.29 is 4.39 Å². The number of hydrogen-bond acceptors (Lipinski definition) is 3. The van der Waals surface area contributed by atoms with Gasteiger partial charge in [0.2, 0.25) is 0 Å². The highest BCUT2D eigenvalue weighted by atomic mass is 32.2. The van der Waals surface area contributed by atoms with Gasteiger partial charge in [0.25, 0.3) is 0 Å². The van der Waals surface area contributed by atoms with Gasteiger partial charge in [-0.2, -0.15) is 0 Å². The van der Waals surface area contributed by atoms with Gasteiger partial charge in [-0.3, -0.25) is 4.40 Å². The Kier molecular flexibility index (Phi) is 3.70. The molecule has 0 unspecified atom stereocenters. The van der Waals surface area contributed by atoms with Gasteiger partial charge in [-0.15, -0.1) is 0 Å². The lowest BCUT2D eigenvalue weighted by atomic mass is 10.1. The van der Waals surface area contributed by atoms with Crippen molar-refractivity contribution in [2.75, 3.05) is 5.73 Å². The van der Waals surface area contributed by atoms with Crippen molar-refractivity contribution in [2.45, 2.75) is 9.92 Å². The summed E-state index contributed by atoms with van der Waals surface area (Å²) in [5.74, 6) is -0.234. The number of aromatic nitrogens is 2. The van der Waals surface area contributed by atoms with Gasteiger partial charge in [0.1, 0.15) is 16.5 Å². The Morgan fingerprint density at radius 2 is 1.58 bits per heavy atom. The van der Waals surface area contributed by atoms with Crippen LogP contribution in [0.25, 0.3) is 16.8 Å². The Morgan fingerprint density at radius 1 is 0.875 bits per heavy atom. The molecule has 0 spiro atoms. The number of nitrogen functional groups attached to an aromatic ring is 1. The van der Waals surface area contributed by atoms with E-state index in [0.717, 1.165) is 32.4 Å². The third-order valence-electron chi connectivity index (χ3n) is 3.75. The molecule has 2 heterocycles. The van der Waals surface area contributed by atoms with Crippen LogP contribution in [0, 0.1) is 5.82 Å². The van der Waals surface area contributed by atoms with E-state index in [0.29, 0.717) is 0 Å². The molecule has 24 heavy (non-hydrogen) atoms. The number of imidazole rings is 1. The van der Waals surface area contributed by atoms with Crippen molar-refractivity contribution in [1.82, 2.24) is 9.38 Å². The van der Waals surface area contributed by atoms with Crippen LogP contribution in [0.2, 0.25) is 0 Å². The predicted molar refractivity (Wildman–Crippen MR) is 95.6 cm³/mol. The molecule has 0 atom stereocenters. The fourth-order valence-electron chi connectivity index (χ4n) is 2.50. The summed E-state index contributed by atoms with van der Waals surface area (Å²) in [6.07, 6.45) is 3.88. The van der Waals surface area contributed by atoms with E-state index in [4.69, 9.17) is 5.73 Å². The van der Waals surface area contributed by atoms with E-state index in [-0.39, 0.29) is 5.82 Å². The molecule has 3 nitrogen and oxygen atoms in total. The van der Waals surface area contributed by atoms with Crippen molar-refractivity contribution in [2.24, 2.45) is 0 Å². The number of hydrogen-bond donors (Lipinski definition) is 1. The minimum Gasteiger partial charge on any atom is -0.399 e. The molecule has 0 fully saturated rings. The summed E-state index contributed by atoms with van der Waals surface area (Å²) >= 11 is 1.62. The van der Waals surface area contributed by atoms with Gasteiger partial charge < -0.3 is 5.73 Å². The summed E-state index contributed by atoms with van der Waals surface area (Å²) in [5.41, 5.74) is 9.33. The average molecular weight is 335 g/mol. The van der Waals surface area contributed by atoms with Crippen LogP contribution < -0.4 is 5.73 Å². The molecule has 2 aromatic carbocycles. The second-order valence-corrected chi connectivity index (χ2v) is 6.51. The molecule has 2 aromatic heterocycles. The van der Waals surface area contributed by atoms with E-state index in [9.17, 15) is 4.39 Å². The highest BCUT2D eigenvalue weighted by molar-refractivity contribution is 7.99. The third-order valence-corrected chi connectivity index (χ3v) is 4.77. The molecular weight excluding hydrogens is 321 g/mol. The van der Waals surface area contributed by atoms with Crippen LogP contribution in [0.4, 0.5) is 10.1 Å². The maximum Gasteiger partial charge on any atom is 0.137 e. The van der Waals surface area contributed by atoms with Crippen LogP contribution in [-0.2, 0) is 0 Å². The molecule has 0 amide bonds. The minimum absolute atomic E-state index is 0.234. The van der Waals surface area contributed by atoms with Crippen LogP contribution in [0.5, 0.6) is 0 Å². The van der Waals surface area contributed by atoms with Crippen LogP contribution in [0.1, 0.15) is 0 Å². The molecule has 2 N–H and O–H groups in total. The lowest BCUT2D eigenvalue weighted by Gasteiger charge is -2.06. The number of anilines is 1. The number of halogens is 1. The lowest BCUT2D eigenvalue weighted by Crippen LogP contribution is -1.89. The predicted octanol–water partition coefficient (Wildman–Crippen LogP) is 4.87. The quantitative estimate of drug-likeness (QED) is 0.543. The van der Waals surface area contributed by atoms with E-state index < -0.39 is 0 Å². The van der Waals surface area contributed by atoms with E-state index >= 15 is 0 Å². The molecular formula is C19H14FN3S. The Hall–Kier alpha value is -2.79. The Bertz CT molecular complexity index is 991. The first kappa shape index (κ1) is 14.8. The smallest absolute Gasteiger partial charge is 0.137 e. The topological polar surface area (TPSA) is 43.3 Å². The summed E-state index contributed by atoms with van der Waals surface area (Å²) in [6.45, 7) is 0.